The molecule has 0 saturated carbocycles. The fraction of sp³-hybridized carbons (Fsp3) is 0.444. The SMILES string of the molecule is CCC(CNCC(C)C)Oc1ccc2ccccc2c1Br. The Morgan fingerprint density at radius 3 is 2.57 bits per heavy atom. The second kappa shape index (κ2) is 7.81. The number of benzene rings is 2. The summed E-state index contributed by atoms with van der Waals surface area (Å²) in [6.45, 7) is 8.51. The zero-order chi connectivity index (χ0) is 15.2. The lowest BCUT2D eigenvalue weighted by Crippen LogP contribution is -2.33. The molecule has 2 aromatic carbocycles. The van der Waals surface area contributed by atoms with Gasteiger partial charge in [0.05, 0.1) is 4.47 Å². The Morgan fingerprint density at radius 2 is 1.86 bits per heavy atom. The standard InChI is InChI=1S/C18H24BrNO/c1-4-15(12-20-11-13(2)3)21-17-10-9-14-7-5-6-8-16(14)18(17)19/h5-10,13,15,20H,4,11-12H2,1-3H3. The van der Waals surface area contributed by atoms with Crippen LogP contribution in [0, 0.1) is 5.92 Å². The van der Waals surface area contributed by atoms with Gasteiger partial charge >= 0.3 is 0 Å². The van der Waals surface area contributed by atoms with Gasteiger partial charge in [-0.15, -0.1) is 0 Å². The lowest BCUT2D eigenvalue weighted by atomic mass is 10.1. The lowest BCUT2D eigenvalue weighted by Gasteiger charge is -2.20. The molecule has 0 aliphatic carbocycles. The van der Waals surface area contributed by atoms with Crippen molar-refractivity contribution in [1.29, 1.82) is 0 Å². The van der Waals surface area contributed by atoms with E-state index >= 15 is 0 Å². The molecule has 1 N–H and O–H groups in total. The molecular weight excluding hydrogens is 326 g/mol. The minimum Gasteiger partial charge on any atom is -0.488 e. The minimum atomic E-state index is 0.196. The van der Waals surface area contributed by atoms with Gasteiger partial charge in [0.25, 0.3) is 0 Å². The van der Waals surface area contributed by atoms with Gasteiger partial charge in [0.15, 0.2) is 0 Å². The van der Waals surface area contributed by atoms with E-state index in [2.05, 4.69) is 78.4 Å². The summed E-state index contributed by atoms with van der Waals surface area (Å²) in [5, 5.41) is 5.89. The summed E-state index contributed by atoms with van der Waals surface area (Å²) in [4.78, 5) is 0. The quantitative estimate of drug-likeness (QED) is 0.758. The van der Waals surface area contributed by atoms with Crippen molar-refractivity contribution in [3.8, 4) is 5.75 Å². The van der Waals surface area contributed by atoms with E-state index in [4.69, 9.17) is 4.74 Å². The molecule has 0 aromatic heterocycles. The van der Waals surface area contributed by atoms with Crippen molar-refractivity contribution in [2.75, 3.05) is 13.1 Å². The highest BCUT2D eigenvalue weighted by Gasteiger charge is 2.12. The van der Waals surface area contributed by atoms with Crippen LogP contribution in [0.5, 0.6) is 5.75 Å². The van der Waals surface area contributed by atoms with Gasteiger partial charge in [0.1, 0.15) is 11.9 Å². The molecule has 1 unspecified atom stereocenters. The second-order valence-corrected chi connectivity index (χ2v) is 6.59. The largest absolute Gasteiger partial charge is 0.488 e. The molecule has 1 atom stereocenters. The number of rotatable bonds is 7. The van der Waals surface area contributed by atoms with Crippen LogP contribution in [0.15, 0.2) is 40.9 Å². The molecule has 0 saturated heterocycles. The van der Waals surface area contributed by atoms with Crippen molar-refractivity contribution in [3.63, 3.8) is 0 Å². The van der Waals surface area contributed by atoms with Crippen molar-refractivity contribution >= 4 is 26.7 Å². The molecule has 0 heterocycles. The number of ether oxygens (including phenoxy) is 1. The third-order valence-corrected chi connectivity index (χ3v) is 4.32. The Kier molecular flexibility index (Phi) is 6.07. The van der Waals surface area contributed by atoms with Gasteiger partial charge in [-0.25, -0.2) is 0 Å². The lowest BCUT2D eigenvalue weighted by molar-refractivity contribution is 0.191. The molecule has 0 amide bonds. The minimum absolute atomic E-state index is 0.196. The van der Waals surface area contributed by atoms with Gasteiger partial charge in [0, 0.05) is 6.54 Å². The number of fused-ring (bicyclic) bond motifs is 1. The molecule has 0 spiro atoms. The summed E-state index contributed by atoms with van der Waals surface area (Å²) in [6, 6.07) is 12.5. The van der Waals surface area contributed by atoms with E-state index in [1.807, 2.05) is 0 Å². The maximum Gasteiger partial charge on any atom is 0.134 e. The molecule has 2 aromatic rings. The van der Waals surface area contributed by atoms with E-state index in [9.17, 15) is 0 Å². The maximum absolute atomic E-state index is 6.17. The Morgan fingerprint density at radius 1 is 1.10 bits per heavy atom. The molecular formula is C18H24BrNO. The third kappa shape index (κ3) is 4.45. The molecule has 0 aliphatic heterocycles. The normalized spacial score (nSPS) is 12.8. The van der Waals surface area contributed by atoms with Gasteiger partial charge in [-0.2, -0.15) is 0 Å². The summed E-state index contributed by atoms with van der Waals surface area (Å²) in [5.41, 5.74) is 0. The van der Waals surface area contributed by atoms with Crippen LogP contribution in [0.4, 0.5) is 0 Å². The van der Waals surface area contributed by atoms with E-state index in [0.29, 0.717) is 5.92 Å². The molecule has 0 fully saturated rings. The first-order valence-electron chi connectivity index (χ1n) is 7.66. The summed E-state index contributed by atoms with van der Waals surface area (Å²) in [6.07, 6.45) is 1.19. The van der Waals surface area contributed by atoms with Crippen LogP contribution in [0.25, 0.3) is 10.8 Å². The highest BCUT2D eigenvalue weighted by molar-refractivity contribution is 9.10. The fourth-order valence-corrected chi connectivity index (χ4v) is 2.87. The number of halogens is 1. The van der Waals surface area contributed by atoms with E-state index in [0.717, 1.165) is 29.7 Å². The Hall–Kier alpha value is -1.06. The first kappa shape index (κ1) is 16.3. The van der Waals surface area contributed by atoms with Crippen molar-refractivity contribution < 1.29 is 4.74 Å². The van der Waals surface area contributed by atoms with Crippen LogP contribution < -0.4 is 10.1 Å². The van der Waals surface area contributed by atoms with Crippen LogP contribution in [-0.4, -0.2) is 19.2 Å². The summed E-state index contributed by atoms with van der Waals surface area (Å²) >= 11 is 3.69. The summed E-state index contributed by atoms with van der Waals surface area (Å²) in [7, 11) is 0. The highest BCUT2D eigenvalue weighted by Crippen LogP contribution is 2.33. The monoisotopic (exact) mass is 349 g/mol. The average molecular weight is 350 g/mol. The van der Waals surface area contributed by atoms with Gasteiger partial charge in [-0.05, 0) is 51.7 Å². The Balaban J connectivity index is 2.08. The fourth-order valence-electron chi connectivity index (χ4n) is 2.29. The van der Waals surface area contributed by atoms with Crippen molar-refractivity contribution in [2.24, 2.45) is 5.92 Å². The molecule has 0 aliphatic rings. The Bertz CT molecular complexity index is 582. The first-order valence-corrected chi connectivity index (χ1v) is 8.45. The Labute approximate surface area is 136 Å². The topological polar surface area (TPSA) is 21.3 Å². The van der Waals surface area contributed by atoms with Crippen molar-refractivity contribution in [3.05, 3.63) is 40.9 Å². The van der Waals surface area contributed by atoms with Gasteiger partial charge in [-0.1, -0.05) is 51.1 Å². The second-order valence-electron chi connectivity index (χ2n) is 5.80. The molecule has 2 nitrogen and oxygen atoms in total. The molecule has 0 radical (unpaired) electrons. The maximum atomic E-state index is 6.17. The third-order valence-electron chi connectivity index (χ3n) is 3.50. The van der Waals surface area contributed by atoms with E-state index < -0.39 is 0 Å². The number of hydrogen-bond acceptors (Lipinski definition) is 2. The first-order chi connectivity index (χ1) is 10.1. The van der Waals surface area contributed by atoms with Gasteiger partial charge in [0.2, 0.25) is 0 Å². The van der Waals surface area contributed by atoms with E-state index in [-0.39, 0.29) is 6.10 Å². The highest BCUT2D eigenvalue weighted by atomic mass is 79.9. The van der Waals surface area contributed by atoms with Gasteiger partial charge < -0.3 is 10.1 Å². The molecule has 3 heteroatoms. The molecule has 114 valence electrons. The smallest absolute Gasteiger partial charge is 0.134 e. The van der Waals surface area contributed by atoms with Crippen molar-refractivity contribution in [2.45, 2.75) is 33.3 Å². The average Bonchev–Trinajstić information content (AvgIpc) is 2.48. The van der Waals surface area contributed by atoms with Gasteiger partial charge in [-0.3, -0.25) is 0 Å². The predicted molar refractivity (Wildman–Crippen MR) is 94.1 cm³/mol. The predicted octanol–water partition coefficient (Wildman–Crippen LogP) is 5.01. The number of nitrogens with one attached hydrogen (secondary N) is 1. The van der Waals surface area contributed by atoms with Crippen LogP contribution in [0.3, 0.4) is 0 Å². The number of hydrogen-bond donors (Lipinski definition) is 1. The van der Waals surface area contributed by atoms with E-state index in [1.165, 1.54) is 10.8 Å². The zero-order valence-electron chi connectivity index (χ0n) is 13.0. The van der Waals surface area contributed by atoms with E-state index in [1.54, 1.807) is 0 Å². The van der Waals surface area contributed by atoms with Crippen molar-refractivity contribution in [1.82, 2.24) is 5.32 Å². The van der Waals surface area contributed by atoms with Crippen LogP contribution in [-0.2, 0) is 0 Å². The summed E-state index contributed by atoms with van der Waals surface area (Å²) < 4.78 is 7.22. The summed E-state index contributed by atoms with van der Waals surface area (Å²) in [5.74, 6) is 1.59. The van der Waals surface area contributed by atoms with Crippen LogP contribution >= 0.6 is 15.9 Å². The van der Waals surface area contributed by atoms with Crippen LogP contribution in [0.2, 0.25) is 0 Å². The molecule has 0 bridgehead atoms. The van der Waals surface area contributed by atoms with Crippen LogP contribution in [0.1, 0.15) is 27.2 Å². The molecule has 2 rings (SSSR count). The molecule has 21 heavy (non-hydrogen) atoms. The zero-order valence-corrected chi connectivity index (χ0v) is 14.6.